The van der Waals surface area contributed by atoms with E-state index in [9.17, 15) is 5.21 Å². The molecular weight excluding hydrogens is 350 g/mol. The maximum absolute atomic E-state index is 13.2. The summed E-state index contributed by atoms with van der Waals surface area (Å²) in [7, 11) is 1.65. The van der Waals surface area contributed by atoms with Crippen LogP contribution in [0.1, 0.15) is 0 Å². The second-order valence-electron chi connectivity index (χ2n) is 6.55. The number of hydrogen-bond acceptors (Lipinski definition) is 3. The van der Waals surface area contributed by atoms with Gasteiger partial charge in [-0.3, -0.25) is 4.57 Å². The molecule has 0 aliphatic carbocycles. The van der Waals surface area contributed by atoms with Crippen LogP contribution in [-0.4, -0.2) is 16.7 Å². The average molecular weight is 367 g/mol. The molecule has 0 N–H and O–H groups in total. The molecule has 5 heteroatoms. The molecule has 0 unspecified atom stereocenters. The van der Waals surface area contributed by atoms with E-state index in [1.54, 1.807) is 13.3 Å². The third kappa shape index (κ3) is 2.48. The summed E-state index contributed by atoms with van der Waals surface area (Å²) in [5, 5.41) is 15.1. The van der Waals surface area contributed by atoms with Gasteiger partial charge in [0.2, 0.25) is 11.2 Å². The Morgan fingerprint density at radius 3 is 2.57 bits per heavy atom. The molecule has 0 saturated heterocycles. The van der Waals surface area contributed by atoms with Crippen molar-refractivity contribution >= 4 is 21.8 Å². The molecule has 0 saturated carbocycles. The van der Waals surface area contributed by atoms with Gasteiger partial charge in [0, 0.05) is 29.1 Å². The van der Waals surface area contributed by atoms with E-state index in [2.05, 4.69) is 4.98 Å². The lowest BCUT2D eigenvalue weighted by atomic mass is 10.1. The summed E-state index contributed by atoms with van der Waals surface area (Å²) < 4.78 is 8.37. The van der Waals surface area contributed by atoms with Crippen LogP contribution in [-0.2, 0) is 0 Å². The van der Waals surface area contributed by atoms with Crippen molar-refractivity contribution in [1.29, 1.82) is 0 Å². The minimum absolute atomic E-state index is 0.569. The Kier molecular flexibility index (Phi) is 3.72. The number of methoxy groups -OCH3 is 1. The smallest absolute Gasteiger partial charge is 0.241 e. The van der Waals surface area contributed by atoms with Crippen molar-refractivity contribution < 1.29 is 9.47 Å². The Bertz CT molecular complexity index is 1310. The van der Waals surface area contributed by atoms with Crippen LogP contribution < -0.4 is 9.47 Å². The standard InChI is InChI=1S/C23H17N3O2/c1-28-18-10-12-19-17(14-18)15-22(25(19)23-8-4-5-13-24-23)21-11-9-16-6-2-3-7-20(16)26(21)27/h2-15H,1H3. The molecule has 136 valence electrons. The Hall–Kier alpha value is -3.86. The lowest BCUT2D eigenvalue weighted by Crippen LogP contribution is -2.30. The molecule has 0 aliphatic rings. The number of hydrogen-bond donors (Lipinski definition) is 0. The highest BCUT2D eigenvalue weighted by Crippen LogP contribution is 2.32. The molecule has 0 spiro atoms. The van der Waals surface area contributed by atoms with Crippen LogP contribution in [0.25, 0.3) is 39.0 Å². The first-order valence-corrected chi connectivity index (χ1v) is 8.99. The zero-order valence-electron chi connectivity index (χ0n) is 15.2. The number of benzene rings is 2. The summed E-state index contributed by atoms with van der Waals surface area (Å²) in [6.07, 6.45) is 1.75. The fourth-order valence-electron chi connectivity index (χ4n) is 3.61. The molecule has 5 rings (SSSR count). The predicted molar refractivity (Wildman–Crippen MR) is 110 cm³/mol. The van der Waals surface area contributed by atoms with Gasteiger partial charge < -0.3 is 9.94 Å². The maximum Gasteiger partial charge on any atom is 0.241 e. The summed E-state index contributed by atoms with van der Waals surface area (Å²) in [4.78, 5) is 4.51. The van der Waals surface area contributed by atoms with Gasteiger partial charge in [-0.2, -0.15) is 4.73 Å². The molecule has 28 heavy (non-hydrogen) atoms. The third-order valence-corrected chi connectivity index (χ3v) is 4.94. The van der Waals surface area contributed by atoms with E-state index in [-0.39, 0.29) is 0 Å². The minimum atomic E-state index is 0.569. The second-order valence-corrected chi connectivity index (χ2v) is 6.55. The molecule has 0 fully saturated rings. The van der Waals surface area contributed by atoms with E-state index in [1.807, 2.05) is 83.4 Å². The van der Waals surface area contributed by atoms with E-state index >= 15 is 0 Å². The van der Waals surface area contributed by atoms with Crippen LogP contribution in [0.5, 0.6) is 5.75 Å². The maximum atomic E-state index is 13.2. The Morgan fingerprint density at radius 2 is 1.75 bits per heavy atom. The number of aromatic nitrogens is 3. The Labute approximate surface area is 161 Å². The molecule has 0 amide bonds. The number of fused-ring (bicyclic) bond motifs is 2. The fraction of sp³-hybridized carbons (Fsp3) is 0.0435. The number of pyridine rings is 2. The van der Waals surface area contributed by atoms with Crippen molar-refractivity contribution in [3.8, 4) is 23.0 Å². The highest BCUT2D eigenvalue weighted by Gasteiger charge is 2.20. The van der Waals surface area contributed by atoms with Crippen molar-refractivity contribution in [2.24, 2.45) is 0 Å². The van der Waals surface area contributed by atoms with Gasteiger partial charge in [0.1, 0.15) is 17.3 Å². The molecule has 5 nitrogen and oxygen atoms in total. The molecule has 0 aliphatic heterocycles. The topological polar surface area (TPSA) is 54.0 Å². The second kappa shape index (κ2) is 6.39. The number of ether oxygens (including phenoxy) is 1. The highest BCUT2D eigenvalue weighted by molar-refractivity contribution is 5.89. The molecule has 0 bridgehead atoms. The quantitative estimate of drug-likeness (QED) is 0.349. The van der Waals surface area contributed by atoms with Gasteiger partial charge >= 0.3 is 0 Å². The molecule has 5 aromatic rings. The number of para-hydroxylation sites is 1. The largest absolute Gasteiger partial charge is 0.618 e. The summed E-state index contributed by atoms with van der Waals surface area (Å²) in [6.45, 7) is 0. The van der Waals surface area contributed by atoms with Gasteiger partial charge in [0.05, 0.1) is 12.6 Å². The minimum Gasteiger partial charge on any atom is -0.618 e. The predicted octanol–water partition coefficient (Wildman–Crippen LogP) is 4.49. The fourth-order valence-corrected chi connectivity index (χ4v) is 3.61. The van der Waals surface area contributed by atoms with Gasteiger partial charge in [0.25, 0.3) is 0 Å². The molecule has 3 heterocycles. The molecule has 2 aromatic carbocycles. The summed E-state index contributed by atoms with van der Waals surface area (Å²) >= 11 is 0. The molecule has 0 radical (unpaired) electrons. The number of rotatable bonds is 3. The van der Waals surface area contributed by atoms with Crippen molar-refractivity contribution in [1.82, 2.24) is 9.55 Å². The summed E-state index contributed by atoms with van der Waals surface area (Å²) in [5.74, 6) is 1.52. The van der Waals surface area contributed by atoms with Gasteiger partial charge in [-0.25, -0.2) is 4.98 Å². The van der Waals surface area contributed by atoms with Crippen LogP contribution in [0, 0.1) is 5.21 Å². The zero-order chi connectivity index (χ0) is 19.1. The van der Waals surface area contributed by atoms with Crippen molar-refractivity contribution in [3.63, 3.8) is 0 Å². The van der Waals surface area contributed by atoms with Crippen LogP contribution in [0.4, 0.5) is 0 Å². The molecule has 3 aromatic heterocycles. The molecule has 0 atom stereocenters. The first-order chi connectivity index (χ1) is 13.8. The van der Waals surface area contributed by atoms with Gasteiger partial charge in [-0.15, -0.1) is 0 Å². The Morgan fingerprint density at radius 1 is 0.893 bits per heavy atom. The van der Waals surface area contributed by atoms with Gasteiger partial charge in [0.15, 0.2) is 0 Å². The zero-order valence-corrected chi connectivity index (χ0v) is 15.2. The first-order valence-electron chi connectivity index (χ1n) is 8.99. The summed E-state index contributed by atoms with van der Waals surface area (Å²) in [6, 6.07) is 25.0. The van der Waals surface area contributed by atoms with E-state index in [0.717, 1.165) is 38.3 Å². The normalized spacial score (nSPS) is 11.2. The van der Waals surface area contributed by atoms with Crippen molar-refractivity contribution in [2.75, 3.05) is 7.11 Å². The first kappa shape index (κ1) is 16.3. The number of nitrogens with zero attached hydrogens (tertiary/aromatic N) is 3. The van der Waals surface area contributed by atoms with Crippen molar-refractivity contribution in [2.45, 2.75) is 0 Å². The van der Waals surface area contributed by atoms with E-state index in [4.69, 9.17) is 4.74 Å². The van der Waals surface area contributed by atoms with Gasteiger partial charge in [-0.05, 0) is 48.5 Å². The lowest BCUT2D eigenvalue weighted by Gasteiger charge is -2.11. The van der Waals surface area contributed by atoms with Crippen LogP contribution in [0.15, 0.2) is 85.1 Å². The highest BCUT2D eigenvalue weighted by atomic mass is 16.5. The lowest BCUT2D eigenvalue weighted by molar-refractivity contribution is -0.565. The van der Waals surface area contributed by atoms with E-state index in [1.165, 1.54) is 0 Å². The SMILES string of the molecule is COc1ccc2c(c1)cc(-c1ccc3ccccc3[n+]1[O-])n2-c1ccccn1. The Balaban J connectivity index is 1.85. The average Bonchev–Trinajstić information content (AvgIpc) is 3.13. The van der Waals surface area contributed by atoms with Crippen LogP contribution in [0.2, 0.25) is 0 Å². The van der Waals surface area contributed by atoms with E-state index in [0.29, 0.717) is 11.2 Å². The van der Waals surface area contributed by atoms with Gasteiger partial charge in [-0.1, -0.05) is 18.2 Å². The molecular formula is C23H17N3O2. The van der Waals surface area contributed by atoms with Crippen molar-refractivity contribution in [3.05, 3.63) is 90.3 Å². The monoisotopic (exact) mass is 367 g/mol. The van der Waals surface area contributed by atoms with E-state index < -0.39 is 0 Å². The summed E-state index contributed by atoms with van der Waals surface area (Å²) in [5.41, 5.74) is 2.94. The third-order valence-electron chi connectivity index (χ3n) is 4.94. The van der Waals surface area contributed by atoms with Crippen LogP contribution in [0.3, 0.4) is 0 Å². The van der Waals surface area contributed by atoms with Crippen LogP contribution >= 0.6 is 0 Å².